The van der Waals surface area contributed by atoms with Gasteiger partial charge >= 0.3 is 5.97 Å². The summed E-state index contributed by atoms with van der Waals surface area (Å²) in [6, 6.07) is 13.9. The Kier molecular flexibility index (Phi) is 5.23. The Hall–Kier alpha value is -2.95. The summed E-state index contributed by atoms with van der Waals surface area (Å²) in [4.78, 5) is 20.4. The number of nitrogens with zero attached hydrogens (tertiary/aromatic N) is 3. The molecule has 3 rings (SSSR count). The number of hydrogen-bond donors (Lipinski definition) is 0. The van der Waals surface area contributed by atoms with E-state index in [-0.39, 0.29) is 5.69 Å². The molecule has 0 radical (unpaired) electrons. The van der Waals surface area contributed by atoms with E-state index in [4.69, 9.17) is 4.74 Å². The maximum atomic E-state index is 11.7. The van der Waals surface area contributed by atoms with Crippen LogP contribution in [0.4, 0.5) is 0 Å². The zero-order valence-electron chi connectivity index (χ0n) is 14.5. The van der Waals surface area contributed by atoms with Gasteiger partial charge in [-0.05, 0) is 37.5 Å². The number of hydrogen-bond acceptors (Lipinski definition) is 4. The Morgan fingerprint density at radius 2 is 1.96 bits per heavy atom. The molecule has 0 atom stereocenters. The number of carbonyl (C=O) groups excluding carboxylic acids is 1. The van der Waals surface area contributed by atoms with Gasteiger partial charge < -0.3 is 9.30 Å². The van der Waals surface area contributed by atoms with E-state index < -0.39 is 5.97 Å². The van der Waals surface area contributed by atoms with Crippen LogP contribution in [0.5, 0.6) is 0 Å². The quantitative estimate of drug-likeness (QED) is 0.645. The van der Waals surface area contributed by atoms with Crippen molar-refractivity contribution in [2.45, 2.75) is 26.3 Å². The first kappa shape index (κ1) is 16.9. The number of pyridine rings is 1. The minimum Gasteiger partial charge on any atom is -0.464 e. The van der Waals surface area contributed by atoms with Gasteiger partial charge in [0, 0.05) is 18.9 Å². The third kappa shape index (κ3) is 4.12. The fourth-order valence-corrected chi connectivity index (χ4v) is 2.71. The van der Waals surface area contributed by atoms with Crippen molar-refractivity contribution < 1.29 is 9.53 Å². The number of ether oxygens (including phenoxy) is 1. The van der Waals surface area contributed by atoms with E-state index in [1.807, 2.05) is 12.3 Å². The average molecular weight is 335 g/mol. The first-order valence-corrected chi connectivity index (χ1v) is 8.30. The number of aryl methyl sites for hydroxylation is 3. The molecule has 0 unspecified atom stereocenters. The van der Waals surface area contributed by atoms with Crippen LogP contribution in [0, 0.1) is 6.92 Å². The molecule has 0 fully saturated rings. The number of aromatic nitrogens is 3. The predicted octanol–water partition coefficient (Wildman–Crippen LogP) is 3.67. The molecule has 1 aromatic carbocycles. The topological polar surface area (TPSA) is 57.0 Å². The molecule has 5 heteroatoms. The molecular formula is C20H21N3O2. The number of esters is 1. The molecule has 0 saturated heterocycles. The van der Waals surface area contributed by atoms with Crippen LogP contribution in [-0.2, 0) is 17.7 Å². The van der Waals surface area contributed by atoms with Gasteiger partial charge in [-0.25, -0.2) is 14.8 Å². The van der Waals surface area contributed by atoms with Crippen LogP contribution in [0.25, 0.3) is 11.5 Å². The fraction of sp³-hybridized carbons (Fsp3) is 0.250. The first-order valence-electron chi connectivity index (χ1n) is 8.30. The number of carbonyl (C=O) groups is 1. The Labute approximate surface area is 147 Å². The molecule has 3 aromatic rings. The molecule has 0 aliphatic rings. The Balaban J connectivity index is 1.70. The van der Waals surface area contributed by atoms with E-state index in [0.717, 1.165) is 25.2 Å². The SMILES string of the molecule is COC(=O)c1cccc(-c2nccn2CCCc2ccc(C)cc2)n1. The Bertz CT molecular complexity index is 853. The molecule has 128 valence electrons. The second-order valence-corrected chi connectivity index (χ2v) is 5.93. The summed E-state index contributed by atoms with van der Waals surface area (Å²) in [5, 5.41) is 0. The van der Waals surface area contributed by atoms with Crippen molar-refractivity contribution in [2.75, 3.05) is 7.11 Å². The van der Waals surface area contributed by atoms with E-state index in [0.29, 0.717) is 5.69 Å². The van der Waals surface area contributed by atoms with Crippen molar-refractivity contribution in [1.82, 2.24) is 14.5 Å². The monoisotopic (exact) mass is 335 g/mol. The number of methoxy groups -OCH3 is 1. The lowest BCUT2D eigenvalue weighted by Crippen LogP contribution is -2.07. The van der Waals surface area contributed by atoms with Crippen molar-refractivity contribution >= 4 is 5.97 Å². The zero-order chi connectivity index (χ0) is 17.6. The second-order valence-electron chi connectivity index (χ2n) is 5.93. The molecule has 0 aliphatic carbocycles. The van der Waals surface area contributed by atoms with Gasteiger partial charge in [0.15, 0.2) is 5.82 Å². The lowest BCUT2D eigenvalue weighted by atomic mass is 10.1. The van der Waals surface area contributed by atoms with Crippen molar-refractivity contribution in [3.05, 3.63) is 71.7 Å². The van der Waals surface area contributed by atoms with Crippen LogP contribution >= 0.6 is 0 Å². The van der Waals surface area contributed by atoms with Gasteiger partial charge in [0.25, 0.3) is 0 Å². The lowest BCUT2D eigenvalue weighted by molar-refractivity contribution is 0.0594. The van der Waals surface area contributed by atoms with Crippen LogP contribution in [0.1, 0.15) is 28.0 Å². The van der Waals surface area contributed by atoms with Crippen LogP contribution in [0.3, 0.4) is 0 Å². The molecule has 0 amide bonds. The summed E-state index contributed by atoms with van der Waals surface area (Å²) in [5.74, 6) is 0.314. The number of rotatable bonds is 6. The molecule has 0 spiro atoms. The maximum Gasteiger partial charge on any atom is 0.356 e. The molecule has 25 heavy (non-hydrogen) atoms. The molecule has 0 aliphatic heterocycles. The van der Waals surface area contributed by atoms with Crippen molar-refractivity contribution in [2.24, 2.45) is 0 Å². The Morgan fingerprint density at radius 3 is 2.72 bits per heavy atom. The zero-order valence-corrected chi connectivity index (χ0v) is 14.5. The number of imidazole rings is 1. The second kappa shape index (κ2) is 7.75. The lowest BCUT2D eigenvalue weighted by Gasteiger charge is -2.08. The summed E-state index contributed by atoms with van der Waals surface area (Å²) in [7, 11) is 1.35. The van der Waals surface area contributed by atoms with Gasteiger partial charge in [-0.15, -0.1) is 0 Å². The van der Waals surface area contributed by atoms with Crippen molar-refractivity contribution in [3.8, 4) is 11.5 Å². The first-order chi connectivity index (χ1) is 12.2. The van der Waals surface area contributed by atoms with E-state index in [9.17, 15) is 4.79 Å². The third-order valence-electron chi connectivity index (χ3n) is 4.07. The van der Waals surface area contributed by atoms with Gasteiger partial charge in [-0.1, -0.05) is 35.9 Å². The van der Waals surface area contributed by atoms with Gasteiger partial charge in [0.2, 0.25) is 0 Å². The highest BCUT2D eigenvalue weighted by molar-refractivity contribution is 5.87. The van der Waals surface area contributed by atoms with Crippen LogP contribution in [-0.4, -0.2) is 27.6 Å². The summed E-state index contributed by atoms with van der Waals surface area (Å²) in [6.45, 7) is 2.93. The van der Waals surface area contributed by atoms with Gasteiger partial charge in [-0.3, -0.25) is 0 Å². The van der Waals surface area contributed by atoms with Gasteiger partial charge in [0.05, 0.1) is 7.11 Å². The van der Waals surface area contributed by atoms with Gasteiger partial charge in [0.1, 0.15) is 11.4 Å². The van der Waals surface area contributed by atoms with Crippen LogP contribution in [0.2, 0.25) is 0 Å². The minimum atomic E-state index is -0.445. The molecule has 2 aromatic heterocycles. The fourth-order valence-electron chi connectivity index (χ4n) is 2.71. The van der Waals surface area contributed by atoms with E-state index in [1.165, 1.54) is 18.2 Å². The third-order valence-corrected chi connectivity index (χ3v) is 4.07. The number of benzene rings is 1. The summed E-state index contributed by atoms with van der Waals surface area (Å²) in [5.41, 5.74) is 3.56. The molecule has 2 heterocycles. The largest absolute Gasteiger partial charge is 0.464 e. The summed E-state index contributed by atoms with van der Waals surface area (Å²) < 4.78 is 6.80. The van der Waals surface area contributed by atoms with Gasteiger partial charge in [-0.2, -0.15) is 0 Å². The Morgan fingerprint density at radius 1 is 1.16 bits per heavy atom. The normalized spacial score (nSPS) is 10.6. The smallest absolute Gasteiger partial charge is 0.356 e. The maximum absolute atomic E-state index is 11.7. The van der Waals surface area contributed by atoms with Crippen LogP contribution in [0.15, 0.2) is 54.9 Å². The summed E-state index contributed by atoms with van der Waals surface area (Å²) >= 11 is 0. The van der Waals surface area contributed by atoms with E-state index >= 15 is 0 Å². The average Bonchev–Trinajstić information content (AvgIpc) is 3.11. The molecule has 0 N–H and O–H groups in total. The molecule has 5 nitrogen and oxygen atoms in total. The minimum absolute atomic E-state index is 0.286. The highest BCUT2D eigenvalue weighted by Gasteiger charge is 2.12. The van der Waals surface area contributed by atoms with Crippen LogP contribution < -0.4 is 0 Å². The van der Waals surface area contributed by atoms with E-state index in [2.05, 4.69) is 45.7 Å². The highest BCUT2D eigenvalue weighted by Crippen LogP contribution is 2.17. The van der Waals surface area contributed by atoms with Crippen molar-refractivity contribution in [3.63, 3.8) is 0 Å². The molecular weight excluding hydrogens is 314 g/mol. The highest BCUT2D eigenvalue weighted by atomic mass is 16.5. The summed E-state index contributed by atoms with van der Waals surface area (Å²) in [6.07, 6.45) is 5.71. The standard InChI is InChI=1S/C20H21N3O2/c1-15-8-10-16(11-9-15)5-4-13-23-14-12-21-19(23)17-6-3-7-18(22-17)20(24)25-2/h3,6-12,14H,4-5,13H2,1-2H3. The van der Waals surface area contributed by atoms with Crippen molar-refractivity contribution in [1.29, 1.82) is 0 Å². The molecule has 0 saturated carbocycles. The predicted molar refractivity (Wildman–Crippen MR) is 96.3 cm³/mol. The molecule has 0 bridgehead atoms. The van der Waals surface area contributed by atoms with E-state index in [1.54, 1.807) is 18.3 Å².